The summed E-state index contributed by atoms with van der Waals surface area (Å²) in [6.45, 7) is 9.11. The summed E-state index contributed by atoms with van der Waals surface area (Å²) in [6.07, 6.45) is 2.06. The van der Waals surface area contributed by atoms with Gasteiger partial charge in [-0.25, -0.2) is 0 Å². The number of aliphatic hydroxyl groups excluding tert-OH is 1. The molecule has 1 aliphatic rings. The van der Waals surface area contributed by atoms with Crippen molar-refractivity contribution in [1.29, 1.82) is 0 Å². The van der Waals surface area contributed by atoms with Crippen molar-refractivity contribution >= 4 is 5.97 Å². The minimum absolute atomic E-state index is 0.186. The lowest BCUT2D eigenvalue weighted by atomic mass is 9.83. The smallest absolute Gasteiger partial charge is 0.314 e. The molecule has 0 radical (unpaired) electrons. The van der Waals surface area contributed by atoms with E-state index in [0.29, 0.717) is 5.92 Å². The van der Waals surface area contributed by atoms with Gasteiger partial charge >= 0.3 is 5.97 Å². The SMILES string of the molecule is CC(C)(CO)C(=O)OC(C)(C)C1CCNCC1. The minimum atomic E-state index is -0.815. The molecule has 0 aromatic rings. The molecule has 0 amide bonds. The lowest BCUT2D eigenvalue weighted by Gasteiger charge is -2.38. The molecule has 2 N–H and O–H groups in total. The van der Waals surface area contributed by atoms with Crippen LogP contribution in [0, 0.1) is 11.3 Å². The highest BCUT2D eigenvalue weighted by Crippen LogP contribution is 2.31. The molecule has 17 heavy (non-hydrogen) atoms. The average Bonchev–Trinajstić information content (AvgIpc) is 2.29. The number of carbonyl (C=O) groups is 1. The Morgan fingerprint density at radius 1 is 1.29 bits per heavy atom. The van der Waals surface area contributed by atoms with Crippen LogP contribution in [0.25, 0.3) is 0 Å². The molecule has 4 nitrogen and oxygen atoms in total. The van der Waals surface area contributed by atoms with Gasteiger partial charge in [-0.15, -0.1) is 0 Å². The molecule has 0 unspecified atom stereocenters. The molecular weight excluding hydrogens is 218 g/mol. The van der Waals surface area contributed by atoms with E-state index < -0.39 is 11.0 Å². The number of ether oxygens (including phenoxy) is 1. The summed E-state index contributed by atoms with van der Waals surface area (Å²) < 4.78 is 5.61. The van der Waals surface area contributed by atoms with Crippen molar-refractivity contribution < 1.29 is 14.6 Å². The number of esters is 1. The topological polar surface area (TPSA) is 58.6 Å². The molecule has 0 saturated carbocycles. The first-order valence-corrected chi connectivity index (χ1v) is 6.34. The first kappa shape index (κ1) is 14.5. The Balaban J connectivity index is 2.61. The Morgan fingerprint density at radius 2 is 1.82 bits per heavy atom. The first-order valence-electron chi connectivity index (χ1n) is 6.34. The summed E-state index contributed by atoms with van der Waals surface area (Å²) in [4.78, 5) is 12.0. The van der Waals surface area contributed by atoms with E-state index in [4.69, 9.17) is 9.84 Å². The van der Waals surface area contributed by atoms with Crippen LogP contribution in [0.1, 0.15) is 40.5 Å². The average molecular weight is 243 g/mol. The van der Waals surface area contributed by atoms with Crippen molar-refractivity contribution in [3.05, 3.63) is 0 Å². The maximum absolute atomic E-state index is 12.0. The highest BCUT2D eigenvalue weighted by molar-refractivity contribution is 5.76. The van der Waals surface area contributed by atoms with Gasteiger partial charge in [0.05, 0.1) is 12.0 Å². The monoisotopic (exact) mass is 243 g/mol. The predicted octanol–water partition coefficient (Wildman–Crippen LogP) is 1.33. The quantitative estimate of drug-likeness (QED) is 0.731. The van der Waals surface area contributed by atoms with Crippen molar-refractivity contribution in [2.75, 3.05) is 19.7 Å². The van der Waals surface area contributed by atoms with E-state index in [1.807, 2.05) is 13.8 Å². The third kappa shape index (κ3) is 3.68. The van der Waals surface area contributed by atoms with Crippen LogP contribution in [0.15, 0.2) is 0 Å². The summed E-state index contributed by atoms with van der Waals surface area (Å²) in [5.41, 5.74) is -1.27. The van der Waals surface area contributed by atoms with E-state index in [1.165, 1.54) is 0 Å². The summed E-state index contributed by atoms with van der Waals surface area (Å²) in [7, 11) is 0. The van der Waals surface area contributed by atoms with Crippen LogP contribution in [0.2, 0.25) is 0 Å². The molecule has 1 fully saturated rings. The Labute approximate surface area is 104 Å². The maximum atomic E-state index is 12.0. The number of carbonyl (C=O) groups excluding carboxylic acids is 1. The minimum Gasteiger partial charge on any atom is -0.459 e. The zero-order chi connectivity index (χ0) is 13.1. The van der Waals surface area contributed by atoms with E-state index in [9.17, 15) is 4.79 Å². The van der Waals surface area contributed by atoms with Gasteiger partial charge in [0.2, 0.25) is 0 Å². The summed E-state index contributed by atoms with van der Waals surface area (Å²) in [5, 5.41) is 12.5. The number of hydrogen-bond donors (Lipinski definition) is 2. The van der Waals surface area contributed by atoms with Crippen LogP contribution in [0.4, 0.5) is 0 Å². The van der Waals surface area contributed by atoms with E-state index >= 15 is 0 Å². The van der Waals surface area contributed by atoms with Gasteiger partial charge in [-0.3, -0.25) is 4.79 Å². The second kappa shape index (κ2) is 5.36. The predicted molar refractivity (Wildman–Crippen MR) is 66.6 cm³/mol. The third-order valence-electron chi connectivity index (χ3n) is 3.63. The molecule has 0 bridgehead atoms. The first-order chi connectivity index (χ1) is 7.79. The molecule has 0 aromatic heterocycles. The van der Waals surface area contributed by atoms with E-state index in [1.54, 1.807) is 13.8 Å². The number of rotatable bonds is 4. The Hall–Kier alpha value is -0.610. The summed E-state index contributed by atoms with van der Waals surface area (Å²) in [5.74, 6) is 0.0747. The van der Waals surface area contributed by atoms with Crippen LogP contribution in [0.5, 0.6) is 0 Å². The van der Waals surface area contributed by atoms with E-state index in [2.05, 4.69) is 5.32 Å². The van der Waals surface area contributed by atoms with Crippen LogP contribution >= 0.6 is 0 Å². The van der Waals surface area contributed by atoms with Crippen LogP contribution in [-0.2, 0) is 9.53 Å². The molecule has 1 heterocycles. The van der Waals surface area contributed by atoms with E-state index in [-0.39, 0.29) is 12.6 Å². The number of nitrogens with one attached hydrogen (secondary N) is 1. The van der Waals surface area contributed by atoms with Gasteiger partial charge < -0.3 is 15.2 Å². The number of aliphatic hydroxyl groups is 1. The molecule has 1 saturated heterocycles. The fraction of sp³-hybridized carbons (Fsp3) is 0.923. The van der Waals surface area contributed by atoms with Crippen LogP contribution in [-0.4, -0.2) is 36.4 Å². The van der Waals surface area contributed by atoms with E-state index in [0.717, 1.165) is 25.9 Å². The second-order valence-electron chi connectivity index (χ2n) is 6.06. The van der Waals surface area contributed by atoms with Gasteiger partial charge in [0.25, 0.3) is 0 Å². The summed E-state index contributed by atoms with van der Waals surface area (Å²) >= 11 is 0. The van der Waals surface area contributed by atoms with Crippen molar-refractivity contribution in [2.45, 2.75) is 46.1 Å². The van der Waals surface area contributed by atoms with Crippen LogP contribution in [0.3, 0.4) is 0 Å². The zero-order valence-electron chi connectivity index (χ0n) is 11.4. The number of piperidine rings is 1. The molecule has 0 spiro atoms. The fourth-order valence-electron chi connectivity index (χ4n) is 2.04. The van der Waals surface area contributed by atoms with Crippen molar-refractivity contribution in [1.82, 2.24) is 5.32 Å². The molecule has 0 atom stereocenters. The standard InChI is InChI=1S/C13H25NO3/c1-12(2,9-15)11(16)17-13(3,4)10-5-7-14-8-6-10/h10,14-15H,5-9H2,1-4H3. The van der Waals surface area contributed by atoms with Gasteiger partial charge in [-0.2, -0.15) is 0 Å². The van der Waals surface area contributed by atoms with Crippen molar-refractivity contribution in [3.8, 4) is 0 Å². The van der Waals surface area contributed by atoms with Gasteiger partial charge in [0.15, 0.2) is 0 Å². The highest BCUT2D eigenvalue weighted by atomic mass is 16.6. The largest absolute Gasteiger partial charge is 0.459 e. The highest BCUT2D eigenvalue weighted by Gasteiger charge is 2.38. The molecule has 1 rings (SSSR count). The Kier molecular flexibility index (Phi) is 4.55. The normalized spacial score (nSPS) is 19.1. The van der Waals surface area contributed by atoms with Gasteiger partial charge in [-0.05, 0) is 53.6 Å². The third-order valence-corrected chi connectivity index (χ3v) is 3.63. The number of hydrogen-bond acceptors (Lipinski definition) is 4. The second-order valence-corrected chi connectivity index (χ2v) is 6.06. The van der Waals surface area contributed by atoms with Gasteiger partial charge in [0.1, 0.15) is 5.60 Å². The van der Waals surface area contributed by atoms with Gasteiger partial charge in [-0.1, -0.05) is 0 Å². The molecule has 0 aromatic carbocycles. The van der Waals surface area contributed by atoms with Crippen LogP contribution < -0.4 is 5.32 Å². The lowest BCUT2D eigenvalue weighted by molar-refractivity contribution is -0.175. The van der Waals surface area contributed by atoms with Crippen molar-refractivity contribution in [3.63, 3.8) is 0 Å². The maximum Gasteiger partial charge on any atom is 0.314 e. The lowest BCUT2D eigenvalue weighted by Crippen LogP contribution is -2.45. The molecule has 100 valence electrons. The Bertz CT molecular complexity index is 268. The fourth-order valence-corrected chi connectivity index (χ4v) is 2.04. The summed E-state index contributed by atoms with van der Waals surface area (Å²) in [6, 6.07) is 0. The molecule has 0 aliphatic carbocycles. The molecular formula is C13H25NO3. The molecule has 4 heteroatoms. The Morgan fingerprint density at radius 3 is 2.29 bits per heavy atom. The van der Waals surface area contributed by atoms with Gasteiger partial charge in [0, 0.05) is 5.92 Å². The zero-order valence-corrected chi connectivity index (χ0v) is 11.4. The van der Waals surface area contributed by atoms with Crippen molar-refractivity contribution in [2.24, 2.45) is 11.3 Å². The molecule has 1 aliphatic heterocycles.